The summed E-state index contributed by atoms with van der Waals surface area (Å²) in [5.41, 5.74) is 1.48. The van der Waals surface area contributed by atoms with Crippen LogP contribution in [0.25, 0.3) is 0 Å². The van der Waals surface area contributed by atoms with Gasteiger partial charge in [-0.1, -0.05) is 17.7 Å². The molecule has 0 aliphatic carbocycles. The highest BCUT2D eigenvalue weighted by molar-refractivity contribution is 6.24. The van der Waals surface area contributed by atoms with Crippen LogP contribution >= 0.6 is 0 Å². The average molecular weight is 286 g/mol. The zero-order chi connectivity index (χ0) is 15.1. The number of rotatable bonds is 2. The average Bonchev–Trinajstić information content (AvgIpc) is 2.91. The third-order valence-corrected chi connectivity index (χ3v) is 3.82. The Balaban J connectivity index is 1.90. The molecular formula is C15H14N2O4. The number of hydrogen-bond acceptors (Lipinski definition) is 4. The Morgan fingerprint density at radius 3 is 2.05 bits per heavy atom. The number of likely N-dealkylation sites (tertiary alicyclic amines) is 1. The van der Waals surface area contributed by atoms with E-state index in [4.69, 9.17) is 0 Å². The number of benzene rings is 1. The molecule has 1 aromatic rings. The van der Waals surface area contributed by atoms with Crippen LogP contribution < -0.4 is 4.90 Å². The van der Waals surface area contributed by atoms with Gasteiger partial charge in [-0.15, -0.1) is 0 Å². The van der Waals surface area contributed by atoms with Gasteiger partial charge in [-0.3, -0.25) is 24.1 Å². The SMILES string of the molecule is Cc1ccc(N2C(=O)CC(N3C(=O)CCC3=O)C2=O)cc1. The predicted octanol–water partition coefficient (Wildman–Crippen LogP) is 0.776. The molecule has 0 saturated carbocycles. The molecule has 21 heavy (non-hydrogen) atoms. The minimum Gasteiger partial charge on any atom is -0.274 e. The summed E-state index contributed by atoms with van der Waals surface area (Å²) in [7, 11) is 0. The second kappa shape index (κ2) is 4.80. The van der Waals surface area contributed by atoms with Crippen LogP contribution in [-0.4, -0.2) is 34.6 Å². The van der Waals surface area contributed by atoms with Gasteiger partial charge in [0.05, 0.1) is 12.1 Å². The molecule has 2 aliphatic heterocycles. The lowest BCUT2D eigenvalue weighted by atomic mass is 10.2. The van der Waals surface area contributed by atoms with Crippen LogP contribution in [0.3, 0.4) is 0 Å². The lowest BCUT2D eigenvalue weighted by Gasteiger charge is -2.20. The van der Waals surface area contributed by atoms with Crippen LogP contribution in [0.1, 0.15) is 24.8 Å². The highest BCUT2D eigenvalue weighted by Gasteiger charge is 2.48. The normalized spacial score (nSPS) is 22.6. The van der Waals surface area contributed by atoms with Crippen molar-refractivity contribution in [2.45, 2.75) is 32.2 Å². The molecule has 1 atom stereocenters. The smallest absolute Gasteiger partial charge is 0.257 e. The zero-order valence-electron chi connectivity index (χ0n) is 11.5. The topological polar surface area (TPSA) is 74.8 Å². The number of aryl methyl sites for hydroxylation is 1. The quantitative estimate of drug-likeness (QED) is 0.753. The molecule has 6 heteroatoms. The molecule has 1 aromatic carbocycles. The van der Waals surface area contributed by atoms with Gasteiger partial charge in [0.2, 0.25) is 17.7 Å². The molecule has 0 spiro atoms. The van der Waals surface area contributed by atoms with E-state index in [0.717, 1.165) is 15.4 Å². The Labute approximate surface area is 121 Å². The van der Waals surface area contributed by atoms with Gasteiger partial charge >= 0.3 is 0 Å². The molecule has 3 rings (SSSR count). The van der Waals surface area contributed by atoms with Gasteiger partial charge < -0.3 is 0 Å². The molecule has 0 aromatic heterocycles. The maximum absolute atomic E-state index is 12.4. The van der Waals surface area contributed by atoms with Gasteiger partial charge in [0.1, 0.15) is 6.04 Å². The monoisotopic (exact) mass is 286 g/mol. The number of carbonyl (C=O) groups excluding carboxylic acids is 4. The standard InChI is InChI=1S/C15H14N2O4/c1-9-2-4-10(5-3-9)16-14(20)8-11(15(16)21)17-12(18)6-7-13(17)19/h2-5,11H,6-8H2,1H3. The van der Waals surface area contributed by atoms with Crippen molar-refractivity contribution in [1.29, 1.82) is 0 Å². The Morgan fingerprint density at radius 2 is 1.48 bits per heavy atom. The highest BCUT2D eigenvalue weighted by atomic mass is 16.2. The first-order valence-corrected chi connectivity index (χ1v) is 6.77. The van der Waals surface area contributed by atoms with Crippen molar-refractivity contribution in [3.8, 4) is 0 Å². The first-order valence-electron chi connectivity index (χ1n) is 6.77. The molecule has 2 saturated heterocycles. The highest BCUT2D eigenvalue weighted by Crippen LogP contribution is 2.28. The summed E-state index contributed by atoms with van der Waals surface area (Å²) in [5, 5.41) is 0. The summed E-state index contributed by atoms with van der Waals surface area (Å²) in [6.45, 7) is 1.90. The minimum absolute atomic E-state index is 0.112. The van der Waals surface area contributed by atoms with Crippen molar-refractivity contribution in [2.75, 3.05) is 4.90 Å². The molecule has 6 nitrogen and oxygen atoms in total. The lowest BCUT2D eigenvalue weighted by Crippen LogP contribution is -2.44. The Morgan fingerprint density at radius 1 is 0.905 bits per heavy atom. The summed E-state index contributed by atoms with van der Waals surface area (Å²) in [4.78, 5) is 50.0. The van der Waals surface area contributed by atoms with E-state index in [0.29, 0.717) is 5.69 Å². The lowest BCUT2D eigenvalue weighted by molar-refractivity contribution is -0.144. The molecule has 2 aliphatic rings. The van der Waals surface area contributed by atoms with Gasteiger partial charge in [-0.05, 0) is 19.1 Å². The molecule has 108 valence electrons. The molecule has 0 bridgehead atoms. The van der Waals surface area contributed by atoms with E-state index < -0.39 is 11.9 Å². The van der Waals surface area contributed by atoms with Gasteiger partial charge in [-0.25, -0.2) is 4.90 Å². The van der Waals surface area contributed by atoms with Gasteiger partial charge in [0, 0.05) is 12.8 Å². The first-order chi connectivity index (χ1) is 9.99. The zero-order valence-corrected chi connectivity index (χ0v) is 11.5. The van der Waals surface area contributed by atoms with Crippen molar-refractivity contribution in [3.63, 3.8) is 0 Å². The van der Waals surface area contributed by atoms with Crippen LogP contribution in [0.5, 0.6) is 0 Å². The van der Waals surface area contributed by atoms with E-state index in [9.17, 15) is 19.2 Å². The fourth-order valence-corrected chi connectivity index (χ4v) is 2.72. The molecule has 2 heterocycles. The van der Waals surface area contributed by atoms with Crippen LogP contribution in [0.2, 0.25) is 0 Å². The largest absolute Gasteiger partial charge is 0.274 e. The van der Waals surface area contributed by atoms with E-state index in [2.05, 4.69) is 0 Å². The van der Waals surface area contributed by atoms with Crippen LogP contribution in [0, 0.1) is 6.92 Å². The third kappa shape index (κ3) is 2.12. The van der Waals surface area contributed by atoms with Crippen LogP contribution in [0.15, 0.2) is 24.3 Å². The van der Waals surface area contributed by atoms with E-state index in [-0.39, 0.29) is 37.0 Å². The fraction of sp³-hybridized carbons (Fsp3) is 0.333. The number of nitrogens with zero attached hydrogens (tertiary/aromatic N) is 2. The van der Waals surface area contributed by atoms with E-state index in [1.54, 1.807) is 24.3 Å². The van der Waals surface area contributed by atoms with E-state index >= 15 is 0 Å². The van der Waals surface area contributed by atoms with Crippen molar-refractivity contribution >= 4 is 29.3 Å². The summed E-state index contributed by atoms with van der Waals surface area (Å²) in [5.74, 6) is -1.65. The summed E-state index contributed by atoms with van der Waals surface area (Å²) in [6, 6.07) is 5.98. The van der Waals surface area contributed by atoms with E-state index in [1.807, 2.05) is 6.92 Å². The second-order valence-corrected chi connectivity index (χ2v) is 5.28. The maximum Gasteiger partial charge on any atom is 0.257 e. The van der Waals surface area contributed by atoms with E-state index in [1.165, 1.54) is 0 Å². The summed E-state index contributed by atoms with van der Waals surface area (Å²) >= 11 is 0. The van der Waals surface area contributed by atoms with Gasteiger partial charge in [0.15, 0.2) is 0 Å². The second-order valence-electron chi connectivity index (χ2n) is 5.28. The maximum atomic E-state index is 12.4. The Bertz CT molecular complexity index is 634. The number of anilines is 1. The number of amides is 4. The van der Waals surface area contributed by atoms with Crippen LogP contribution in [0.4, 0.5) is 5.69 Å². The first kappa shape index (κ1) is 13.5. The molecule has 0 radical (unpaired) electrons. The molecule has 2 fully saturated rings. The summed E-state index contributed by atoms with van der Waals surface area (Å²) in [6.07, 6.45) is 0.0901. The fourth-order valence-electron chi connectivity index (χ4n) is 2.72. The molecule has 0 N–H and O–H groups in total. The molecule has 4 amide bonds. The van der Waals surface area contributed by atoms with Crippen molar-refractivity contribution in [2.24, 2.45) is 0 Å². The van der Waals surface area contributed by atoms with Gasteiger partial charge in [-0.2, -0.15) is 0 Å². The van der Waals surface area contributed by atoms with Crippen molar-refractivity contribution in [1.82, 2.24) is 4.90 Å². The minimum atomic E-state index is -0.985. The third-order valence-electron chi connectivity index (χ3n) is 3.82. The van der Waals surface area contributed by atoms with Crippen molar-refractivity contribution < 1.29 is 19.2 Å². The number of imide groups is 2. The Kier molecular flexibility index (Phi) is 3.08. The van der Waals surface area contributed by atoms with Crippen LogP contribution in [-0.2, 0) is 19.2 Å². The number of carbonyl (C=O) groups is 4. The molecular weight excluding hydrogens is 272 g/mol. The predicted molar refractivity (Wildman–Crippen MR) is 73.2 cm³/mol. The molecule has 1 unspecified atom stereocenters. The summed E-state index contributed by atoms with van der Waals surface area (Å²) < 4.78 is 0. The van der Waals surface area contributed by atoms with Crippen molar-refractivity contribution in [3.05, 3.63) is 29.8 Å². The van der Waals surface area contributed by atoms with Gasteiger partial charge in [0.25, 0.3) is 5.91 Å². The Hall–Kier alpha value is -2.50. The number of hydrogen-bond donors (Lipinski definition) is 0.